The molecule has 0 aliphatic rings. The molecule has 2 rings (SSSR count). The number of nitrogens with one attached hydrogen (secondary N) is 2. The van der Waals surface area contributed by atoms with Crippen LogP contribution < -0.4 is 29.6 Å². The average molecular weight is 459 g/mol. The van der Waals surface area contributed by atoms with Gasteiger partial charge < -0.3 is 29.6 Å². The van der Waals surface area contributed by atoms with E-state index in [2.05, 4.69) is 10.6 Å². The Hall–Kier alpha value is -3.42. The van der Waals surface area contributed by atoms with Gasteiger partial charge in [0.2, 0.25) is 11.8 Å². The van der Waals surface area contributed by atoms with Crippen molar-refractivity contribution in [3.05, 3.63) is 47.5 Å². The summed E-state index contributed by atoms with van der Waals surface area (Å²) in [6, 6.07) is 11.5. The molecule has 8 heteroatoms. The predicted molar refractivity (Wildman–Crippen MR) is 126 cm³/mol. The van der Waals surface area contributed by atoms with Crippen LogP contribution in [0.15, 0.2) is 36.4 Å². The molecule has 0 heterocycles. The van der Waals surface area contributed by atoms with Crippen molar-refractivity contribution in [2.75, 3.05) is 41.5 Å². The zero-order valence-electron chi connectivity index (χ0n) is 19.9. The van der Waals surface area contributed by atoms with E-state index in [0.717, 1.165) is 36.8 Å². The summed E-state index contributed by atoms with van der Waals surface area (Å²) in [5.41, 5.74) is 2.18. The van der Waals surface area contributed by atoms with Gasteiger partial charge in [-0.3, -0.25) is 9.59 Å². The molecule has 0 atom stereocenters. The summed E-state index contributed by atoms with van der Waals surface area (Å²) < 4.78 is 21.1. The van der Waals surface area contributed by atoms with Crippen molar-refractivity contribution in [1.29, 1.82) is 0 Å². The molecule has 0 saturated carbocycles. The largest absolute Gasteiger partial charge is 0.493 e. The highest BCUT2D eigenvalue weighted by molar-refractivity contribution is 5.96. The van der Waals surface area contributed by atoms with Crippen LogP contribution in [0.3, 0.4) is 0 Å². The third-order valence-electron chi connectivity index (χ3n) is 5.15. The number of rotatable bonds is 14. The highest BCUT2D eigenvalue weighted by Crippen LogP contribution is 2.28. The Labute approximate surface area is 195 Å². The summed E-state index contributed by atoms with van der Waals surface area (Å²) in [5.74, 6) is 2.18. The van der Waals surface area contributed by atoms with E-state index in [9.17, 15) is 9.59 Å². The highest BCUT2D eigenvalue weighted by atomic mass is 16.5. The summed E-state index contributed by atoms with van der Waals surface area (Å²) in [4.78, 5) is 24.0. The molecule has 0 aliphatic heterocycles. The molecule has 0 bridgehead atoms. The van der Waals surface area contributed by atoms with Crippen molar-refractivity contribution in [3.63, 3.8) is 0 Å². The number of carbonyl (C=O) groups excluding carboxylic acids is 2. The third-order valence-corrected chi connectivity index (χ3v) is 5.15. The van der Waals surface area contributed by atoms with Gasteiger partial charge in [-0.2, -0.15) is 0 Å². The molecular weight excluding hydrogens is 424 g/mol. The second kappa shape index (κ2) is 13.9. The number of ether oxygens (including phenoxy) is 4. The lowest BCUT2D eigenvalue weighted by atomic mass is 10.1. The minimum Gasteiger partial charge on any atom is -0.493 e. The van der Waals surface area contributed by atoms with Crippen LogP contribution in [0.5, 0.6) is 23.0 Å². The van der Waals surface area contributed by atoms with Crippen LogP contribution >= 0.6 is 0 Å². The lowest BCUT2D eigenvalue weighted by molar-refractivity contribution is -0.129. The first-order chi connectivity index (χ1) is 16.0. The fourth-order valence-corrected chi connectivity index (χ4v) is 3.38. The van der Waals surface area contributed by atoms with Crippen LogP contribution in [0.4, 0.5) is 0 Å². The molecule has 0 saturated heterocycles. The van der Waals surface area contributed by atoms with Crippen molar-refractivity contribution in [3.8, 4) is 23.0 Å². The molecular formula is C25H34N2O6. The molecule has 0 fully saturated rings. The van der Waals surface area contributed by atoms with Gasteiger partial charge in [-0.1, -0.05) is 12.1 Å². The molecule has 33 heavy (non-hydrogen) atoms. The quantitative estimate of drug-likeness (QED) is 0.334. The monoisotopic (exact) mass is 458 g/mol. The third kappa shape index (κ3) is 8.56. The van der Waals surface area contributed by atoms with E-state index in [1.807, 2.05) is 36.4 Å². The number of methoxy groups -OCH3 is 4. The van der Waals surface area contributed by atoms with Crippen LogP contribution in [0.1, 0.15) is 30.4 Å². The summed E-state index contributed by atoms with van der Waals surface area (Å²) in [7, 11) is 6.40. The predicted octanol–water partition coefficient (Wildman–Crippen LogP) is 2.91. The van der Waals surface area contributed by atoms with Crippen molar-refractivity contribution in [2.45, 2.75) is 32.1 Å². The smallest absolute Gasteiger partial charge is 0.229 e. The van der Waals surface area contributed by atoms with Crippen molar-refractivity contribution < 1.29 is 28.5 Å². The first kappa shape index (κ1) is 25.8. The first-order valence-electron chi connectivity index (χ1n) is 11.0. The molecule has 0 unspecified atom stereocenters. The normalized spacial score (nSPS) is 10.3. The first-order valence-corrected chi connectivity index (χ1v) is 11.0. The van der Waals surface area contributed by atoms with Gasteiger partial charge in [0.05, 0.1) is 28.4 Å². The maximum atomic E-state index is 12.0. The fraction of sp³-hybridized carbons (Fsp3) is 0.440. The van der Waals surface area contributed by atoms with E-state index < -0.39 is 0 Å². The van der Waals surface area contributed by atoms with E-state index >= 15 is 0 Å². The molecule has 0 spiro atoms. The number of aryl methyl sites for hydroxylation is 2. The van der Waals surface area contributed by atoms with Crippen LogP contribution in [0, 0.1) is 0 Å². The molecule has 0 aliphatic carbocycles. The van der Waals surface area contributed by atoms with E-state index in [0.29, 0.717) is 36.1 Å². The highest BCUT2D eigenvalue weighted by Gasteiger charge is 2.10. The summed E-state index contributed by atoms with van der Waals surface area (Å²) >= 11 is 0. The standard InChI is InChI=1S/C25H34N2O6/c1-30-20-11-9-18(15-22(20)32-3)7-5-13-26-24(28)17-25(29)27-14-6-8-19-10-12-21(31-2)23(16-19)33-4/h9-12,15-16H,5-8,13-14,17H2,1-4H3,(H,26,28)(H,27,29). The van der Waals surface area contributed by atoms with Gasteiger partial charge in [0.25, 0.3) is 0 Å². The van der Waals surface area contributed by atoms with Crippen LogP contribution in [0.2, 0.25) is 0 Å². The Kier molecular flexibility index (Phi) is 10.9. The van der Waals surface area contributed by atoms with E-state index in [4.69, 9.17) is 18.9 Å². The minimum atomic E-state index is -0.278. The molecule has 0 aromatic heterocycles. The summed E-state index contributed by atoms with van der Waals surface area (Å²) in [6.07, 6.45) is 2.90. The zero-order chi connectivity index (χ0) is 24.1. The Morgan fingerprint density at radius 1 is 0.636 bits per heavy atom. The topological polar surface area (TPSA) is 95.1 Å². The van der Waals surface area contributed by atoms with Crippen molar-refractivity contribution in [2.24, 2.45) is 0 Å². The fourth-order valence-electron chi connectivity index (χ4n) is 3.38. The average Bonchev–Trinajstić information content (AvgIpc) is 2.84. The Morgan fingerprint density at radius 3 is 1.39 bits per heavy atom. The van der Waals surface area contributed by atoms with Gasteiger partial charge in [-0.25, -0.2) is 0 Å². The molecule has 2 aromatic carbocycles. The number of amides is 2. The number of benzene rings is 2. The van der Waals surface area contributed by atoms with E-state index in [1.165, 1.54) is 0 Å². The Balaban J connectivity index is 1.61. The van der Waals surface area contributed by atoms with Crippen molar-refractivity contribution in [1.82, 2.24) is 10.6 Å². The van der Waals surface area contributed by atoms with Gasteiger partial charge in [0.15, 0.2) is 23.0 Å². The van der Waals surface area contributed by atoms with Gasteiger partial charge in [0.1, 0.15) is 6.42 Å². The lowest BCUT2D eigenvalue weighted by Crippen LogP contribution is -2.33. The Morgan fingerprint density at radius 2 is 1.03 bits per heavy atom. The number of hydrogen-bond acceptors (Lipinski definition) is 6. The van der Waals surface area contributed by atoms with E-state index in [1.54, 1.807) is 28.4 Å². The van der Waals surface area contributed by atoms with Gasteiger partial charge in [-0.15, -0.1) is 0 Å². The molecule has 8 nitrogen and oxygen atoms in total. The summed E-state index contributed by atoms with van der Waals surface area (Å²) in [6.45, 7) is 1.000. The van der Waals surface area contributed by atoms with Crippen LogP contribution in [-0.2, 0) is 22.4 Å². The second-order valence-electron chi connectivity index (χ2n) is 7.46. The van der Waals surface area contributed by atoms with Crippen LogP contribution in [0.25, 0.3) is 0 Å². The minimum absolute atomic E-state index is 0.174. The number of carbonyl (C=O) groups is 2. The molecule has 2 N–H and O–H groups in total. The molecule has 0 radical (unpaired) electrons. The zero-order valence-corrected chi connectivity index (χ0v) is 19.9. The summed E-state index contributed by atoms with van der Waals surface area (Å²) in [5, 5.41) is 5.59. The Bertz CT molecular complexity index is 842. The van der Waals surface area contributed by atoms with E-state index in [-0.39, 0.29) is 18.2 Å². The maximum Gasteiger partial charge on any atom is 0.229 e. The van der Waals surface area contributed by atoms with Gasteiger partial charge in [0, 0.05) is 13.1 Å². The van der Waals surface area contributed by atoms with Crippen LogP contribution in [-0.4, -0.2) is 53.3 Å². The van der Waals surface area contributed by atoms with Gasteiger partial charge >= 0.3 is 0 Å². The molecule has 2 aromatic rings. The molecule has 2 amide bonds. The molecule has 180 valence electrons. The second-order valence-corrected chi connectivity index (χ2v) is 7.46. The van der Waals surface area contributed by atoms with Gasteiger partial charge in [-0.05, 0) is 61.1 Å². The van der Waals surface area contributed by atoms with Crippen molar-refractivity contribution >= 4 is 11.8 Å². The number of hydrogen-bond donors (Lipinski definition) is 2. The lowest BCUT2D eigenvalue weighted by Gasteiger charge is -2.10. The SMILES string of the molecule is COc1ccc(CCCNC(=O)CC(=O)NCCCc2ccc(OC)c(OC)c2)cc1OC. The maximum absolute atomic E-state index is 12.0.